The van der Waals surface area contributed by atoms with Crippen LogP contribution in [0.2, 0.25) is 0 Å². The van der Waals surface area contributed by atoms with E-state index in [9.17, 15) is 18.0 Å². The molecular formula is C14H12F3NO2. The topological polar surface area (TPSA) is 49.3 Å². The lowest BCUT2D eigenvalue weighted by Crippen LogP contribution is -2.36. The van der Waals surface area contributed by atoms with Crippen LogP contribution in [0.1, 0.15) is 11.6 Å². The van der Waals surface area contributed by atoms with Crippen LogP contribution in [0.15, 0.2) is 42.5 Å². The third kappa shape index (κ3) is 3.48. The molecule has 0 heterocycles. The molecule has 2 rings (SSSR count). The molecule has 1 unspecified atom stereocenters. The number of carboxylic acid groups (broad SMARTS) is 1. The molecule has 1 atom stereocenters. The van der Waals surface area contributed by atoms with E-state index in [1.165, 1.54) is 6.07 Å². The quantitative estimate of drug-likeness (QED) is 0.906. The largest absolute Gasteiger partial charge is 0.480 e. The van der Waals surface area contributed by atoms with Gasteiger partial charge in [-0.25, -0.2) is 0 Å². The summed E-state index contributed by atoms with van der Waals surface area (Å²) in [5.41, 5.74) is 0.292. The first-order chi connectivity index (χ1) is 9.37. The molecular weight excluding hydrogens is 271 g/mol. The zero-order valence-electron chi connectivity index (χ0n) is 10.3. The molecule has 0 saturated heterocycles. The maximum absolute atomic E-state index is 12.2. The van der Waals surface area contributed by atoms with Crippen molar-refractivity contribution in [2.45, 2.75) is 12.2 Å². The molecule has 2 aromatic carbocycles. The van der Waals surface area contributed by atoms with E-state index in [0.29, 0.717) is 5.56 Å². The van der Waals surface area contributed by atoms with Crippen LogP contribution in [0.5, 0.6) is 0 Å². The summed E-state index contributed by atoms with van der Waals surface area (Å²) >= 11 is 0. The smallest absolute Gasteiger partial charge is 0.401 e. The maximum atomic E-state index is 12.2. The highest BCUT2D eigenvalue weighted by Crippen LogP contribution is 2.22. The van der Waals surface area contributed by atoms with Crippen LogP contribution in [-0.4, -0.2) is 23.8 Å². The van der Waals surface area contributed by atoms with Crippen molar-refractivity contribution in [1.29, 1.82) is 0 Å². The van der Waals surface area contributed by atoms with E-state index in [1.54, 1.807) is 24.3 Å². The van der Waals surface area contributed by atoms with Gasteiger partial charge in [-0.15, -0.1) is 0 Å². The molecule has 0 spiro atoms. The highest BCUT2D eigenvalue weighted by molar-refractivity contribution is 5.85. The first-order valence-electron chi connectivity index (χ1n) is 5.88. The van der Waals surface area contributed by atoms with Gasteiger partial charge in [-0.05, 0) is 22.4 Å². The second kappa shape index (κ2) is 5.50. The molecule has 3 nitrogen and oxygen atoms in total. The van der Waals surface area contributed by atoms with Crippen LogP contribution in [-0.2, 0) is 4.79 Å². The lowest BCUT2D eigenvalue weighted by Gasteiger charge is -2.16. The van der Waals surface area contributed by atoms with Crippen LogP contribution < -0.4 is 5.32 Å². The van der Waals surface area contributed by atoms with Crippen LogP contribution in [0.25, 0.3) is 10.8 Å². The number of hydrogen-bond acceptors (Lipinski definition) is 2. The highest BCUT2D eigenvalue weighted by atomic mass is 19.4. The maximum Gasteiger partial charge on any atom is 0.401 e. The molecule has 0 aliphatic carbocycles. The van der Waals surface area contributed by atoms with Gasteiger partial charge in [0.15, 0.2) is 0 Å². The van der Waals surface area contributed by atoms with Crippen LogP contribution in [0.3, 0.4) is 0 Å². The average molecular weight is 283 g/mol. The number of rotatable bonds is 4. The van der Waals surface area contributed by atoms with E-state index in [1.807, 2.05) is 17.4 Å². The highest BCUT2D eigenvalue weighted by Gasteiger charge is 2.30. The van der Waals surface area contributed by atoms with E-state index in [2.05, 4.69) is 0 Å². The predicted octanol–water partition coefficient (Wildman–Crippen LogP) is 3.12. The van der Waals surface area contributed by atoms with Crippen LogP contribution >= 0.6 is 0 Å². The molecule has 0 saturated carbocycles. The summed E-state index contributed by atoms with van der Waals surface area (Å²) < 4.78 is 36.6. The monoisotopic (exact) mass is 283 g/mol. The molecule has 0 fully saturated rings. The Morgan fingerprint density at radius 2 is 1.80 bits per heavy atom. The fraction of sp³-hybridized carbons (Fsp3) is 0.214. The van der Waals surface area contributed by atoms with Gasteiger partial charge in [-0.1, -0.05) is 36.4 Å². The number of hydrogen-bond donors (Lipinski definition) is 2. The Morgan fingerprint density at radius 1 is 1.15 bits per heavy atom. The van der Waals surface area contributed by atoms with Crippen LogP contribution in [0, 0.1) is 0 Å². The van der Waals surface area contributed by atoms with E-state index in [0.717, 1.165) is 10.8 Å². The predicted molar refractivity (Wildman–Crippen MR) is 68.4 cm³/mol. The van der Waals surface area contributed by atoms with Gasteiger partial charge in [0.25, 0.3) is 0 Å². The summed E-state index contributed by atoms with van der Waals surface area (Å²) in [7, 11) is 0. The number of aliphatic carboxylic acids is 1. The zero-order chi connectivity index (χ0) is 14.8. The number of nitrogens with one attached hydrogen (secondary N) is 1. The summed E-state index contributed by atoms with van der Waals surface area (Å²) in [5.74, 6) is -1.34. The minimum Gasteiger partial charge on any atom is -0.480 e. The lowest BCUT2D eigenvalue weighted by atomic mass is 10.0. The Kier molecular flexibility index (Phi) is 3.94. The Bertz CT molecular complexity index is 625. The number of benzene rings is 2. The van der Waals surface area contributed by atoms with Gasteiger partial charge in [0, 0.05) is 0 Å². The van der Waals surface area contributed by atoms with Gasteiger partial charge in [-0.3, -0.25) is 10.1 Å². The number of carbonyl (C=O) groups is 1. The van der Waals surface area contributed by atoms with E-state index >= 15 is 0 Å². The van der Waals surface area contributed by atoms with Crippen molar-refractivity contribution < 1.29 is 23.1 Å². The van der Waals surface area contributed by atoms with Crippen molar-refractivity contribution in [2.75, 3.05) is 6.54 Å². The third-order valence-electron chi connectivity index (χ3n) is 2.86. The third-order valence-corrected chi connectivity index (χ3v) is 2.86. The van der Waals surface area contributed by atoms with Crippen molar-refractivity contribution in [3.05, 3.63) is 48.0 Å². The van der Waals surface area contributed by atoms with E-state index in [4.69, 9.17) is 5.11 Å². The van der Waals surface area contributed by atoms with Gasteiger partial charge in [0.1, 0.15) is 6.04 Å². The SMILES string of the molecule is O=C(O)C(NCC(F)(F)F)c1ccc2ccccc2c1. The Labute approximate surface area is 113 Å². The van der Waals surface area contributed by atoms with Gasteiger partial charge in [0.2, 0.25) is 0 Å². The molecule has 2 N–H and O–H groups in total. The molecule has 6 heteroatoms. The Morgan fingerprint density at radius 3 is 2.40 bits per heavy atom. The summed E-state index contributed by atoms with van der Waals surface area (Å²) in [6.07, 6.45) is -4.45. The Hall–Kier alpha value is -2.08. The Balaban J connectivity index is 2.29. The second-order valence-electron chi connectivity index (χ2n) is 4.37. The van der Waals surface area contributed by atoms with Crippen LogP contribution in [0.4, 0.5) is 13.2 Å². The minimum atomic E-state index is -4.45. The van der Waals surface area contributed by atoms with Gasteiger partial charge in [0.05, 0.1) is 6.54 Å². The molecule has 0 radical (unpaired) electrons. The van der Waals surface area contributed by atoms with Crippen molar-refractivity contribution >= 4 is 16.7 Å². The first-order valence-corrected chi connectivity index (χ1v) is 5.88. The van der Waals surface area contributed by atoms with Crippen molar-refractivity contribution in [3.63, 3.8) is 0 Å². The normalized spacial score (nSPS) is 13.3. The number of alkyl halides is 3. The number of carboxylic acids is 1. The average Bonchev–Trinajstić information content (AvgIpc) is 2.37. The van der Waals surface area contributed by atoms with E-state index < -0.39 is 24.7 Å². The zero-order valence-corrected chi connectivity index (χ0v) is 10.3. The molecule has 0 aliphatic rings. The fourth-order valence-electron chi connectivity index (χ4n) is 1.95. The summed E-state index contributed by atoms with van der Waals surface area (Å²) in [6, 6.07) is 10.6. The second-order valence-corrected chi connectivity index (χ2v) is 4.37. The molecule has 0 bridgehead atoms. The van der Waals surface area contributed by atoms with Gasteiger partial charge >= 0.3 is 12.1 Å². The molecule has 0 aromatic heterocycles. The van der Waals surface area contributed by atoms with Gasteiger partial charge < -0.3 is 5.11 Å². The molecule has 2 aromatic rings. The summed E-state index contributed by atoms with van der Waals surface area (Å²) in [6.45, 7) is -1.35. The van der Waals surface area contributed by atoms with Gasteiger partial charge in [-0.2, -0.15) is 13.2 Å². The van der Waals surface area contributed by atoms with Crippen molar-refractivity contribution in [3.8, 4) is 0 Å². The van der Waals surface area contributed by atoms with Crippen molar-refractivity contribution in [2.24, 2.45) is 0 Å². The molecule has 0 aliphatic heterocycles. The molecule has 20 heavy (non-hydrogen) atoms. The summed E-state index contributed by atoms with van der Waals surface area (Å²) in [4.78, 5) is 11.1. The minimum absolute atomic E-state index is 0.292. The number of fused-ring (bicyclic) bond motifs is 1. The first kappa shape index (κ1) is 14.3. The molecule has 106 valence electrons. The lowest BCUT2D eigenvalue weighted by molar-refractivity contribution is -0.143. The standard InChI is InChI=1S/C14H12F3NO2/c15-14(16,17)8-18-12(13(19)20)11-6-5-9-3-1-2-4-10(9)7-11/h1-7,12,18H,8H2,(H,19,20). The van der Waals surface area contributed by atoms with E-state index in [-0.39, 0.29) is 0 Å². The number of halogens is 3. The summed E-state index contributed by atoms with van der Waals surface area (Å²) in [5, 5.41) is 12.8. The van der Waals surface area contributed by atoms with Crippen molar-refractivity contribution in [1.82, 2.24) is 5.32 Å². The fourth-order valence-corrected chi connectivity index (χ4v) is 1.95. The molecule has 0 amide bonds.